The van der Waals surface area contributed by atoms with Gasteiger partial charge in [0.1, 0.15) is 0 Å². The monoisotopic (exact) mass is 530 g/mol. The van der Waals surface area contributed by atoms with Crippen LogP contribution in [0, 0.1) is 0 Å². The van der Waals surface area contributed by atoms with Crippen molar-refractivity contribution in [1.82, 2.24) is 0 Å². The number of hydrogen-bond acceptors (Lipinski definition) is 2. The molecule has 1 atom stereocenters. The maximum atomic E-state index is 10.2. The quantitative estimate of drug-likeness (QED) is 0.0717. The van der Waals surface area contributed by atoms with Gasteiger partial charge in [-0.3, -0.25) is 0 Å². The van der Waals surface area contributed by atoms with Crippen LogP contribution in [0.4, 0.5) is 0 Å². The van der Waals surface area contributed by atoms with Crippen LogP contribution >= 0.6 is 0 Å². The predicted octanol–water partition coefficient (Wildman–Crippen LogP) is 11.3. The van der Waals surface area contributed by atoms with Crippen LogP contribution in [0.2, 0.25) is 0 Å². The minimum absolute atomic E-state index is 0.0866. The van der Waals surface area contributed by atoms with Gasteiger partial charge >= 0.3 is 0 Å². The second kappa shape index (κ2) is 33.9. The molecule has 0 fully saturated rings. The third-order valence-electron chi connectivity index (χ3n) is 7.27. The van der Waals surface area contributed by atoms with Crippen molar-refractivity contribution in [1.29, 1.82) is 0 Å². The number of allylic oxidation sites excluding steroid dienone is 8. The zero-order valence-corrected chi connectivity index (χ0v) is 25.6. The summed E-state index contributed by atoms with van der Waals surface area (Å²) < 4.78 is 0. The van der Waals surface area contributed by atoms with E-state index in [0.717, 1.165) is 25.8 Å². The number of hydrogen-bond donors (Lipinski definition) is 2. The van der Waals surface area contributed by atoms with E-state index in [4.69, 9.17) is 5.73 Å². The van der Waals surface area contributed by atoms with Gasteiger partial charge in [0.05, 0.1) is 6.10 Å². The first-order chi connectivity index (χ1) is 18.8. The summed E-state index contributed by atoms with van der Waals surface area (Å²) in [5.41, 5.74) is 5.51. The summed E-state index contributed by atoms with van der Waals surface area (Å²) in [6, 6.07) is 0. The minimum atomic E-state index is -0.0866. The molecule has 0 bridgehead atoms. The van der Waals surface area contributed by atoms with Gasteiger partial charge in [-0.2, -0.15) is 0 Å². The Morgan fingerprint density at radius 3 is 1.03 bits per heavy atom. The Bertz CT molecular complexity index is 500. The van der Waals surface area contributed by atoms with Crippen molar-refractivity contribution in [2.75, 3.05) is 6.54 Å². The second-order valence-corrected chi connectivity index (χ2v) is 11.2. The van der Waals surface area contributed by atoms with Gasteiger partial charge in [0.2, 0.25) is 0 Å². The lowest BCUT2D eigenvalue weighted by molar-refractivity contribution is 0.147. The molecule has 0 spiro atoms. The molecule has 0 saturated carbocycles. The van der Waals surface area contributed by atoms with E-state index < -0.39 is 0 Å². The first-order valence-electron chi connectivity index (χ1n) is 16.8. The molecule has 0 aromatic carbocycles. The van der Waals surface area contributed by atoms with E-state index in [1.165, 1.54) is 141 Å². The van der Waals surface area contributed by atoms with Crippen LogP contribution in [0.1, 0.15) is 167 Å². The molecule has 222 valence electrons. The lowest BCUT2D eigenvalue weighted by Gasteiger charge is -2.09. The van der Waals surface area contributed by atoms with Gasteiger partial charge in [-0.1, -0.05) is 94.1 Å². The highest BCUT2D eigenvalue weighted by Gasteiger charge is 2.03. The molecule has 0 aliphatic rings. The van der Waals surface area contributed by atoms with Gasteiger partial charge in [-0.15, -0.1) is 0 Å². The van der Waals surface area contributed by atoms with Gasteiger partial charge in [-0.05, 0) is 129 Å². The summed E-state index contributed by atoms with van der Waals surface area (Å²) in [5.74, 6) is 0. The molecule has 0 rings (SSSR count). The third kappa shape index (κ3) is 32.9. The van der Waals surface area contributed by atoms with E-state index in [1.807, 2.05) is 0 Å². The fourth-order valence-corrected chi connectivity index (χ4v) is 4.69. The van der Waals surface area contributed by atoms with Crippen molar-refractivity contribution in [3.63, 3.8) is 0 Å². The van der Waals surface area contributed by atoms with Crippen molar-refractivity contribution >= 4 is 0 Å². The fraction of sp³-hybridized carbons (Fsp3) is 0.778. The van der Waals surface area contributed by atoms with Crippen LogP contribution in [0.5, 0.6) is 0 Å². The summed E-state index contributed by atoms with van der Waals surface area (Å²) in [6.45, 7) is 3.08. The smallest absolute Gasteiger partial charge is 0.0540 e. The van der Waals surface area contributed by atoms with Crippen molar-refractivity contribution in [3.8, 4) is 0 Å². The Morgan fingerprint density at radius 1 is 0.421 bits per heavy atom. The van der Waals surface area contributed by atoms with E-state index >= 15 is 0 Å². The van der Waals surface area contributed by atoms with Gasteiger partial charge in [0, 0.05) is 0 Å². The SMILES string of the molecule is CCCCC/C=C\CCCC/C=C\CCCCCC(O)CCCCC/C=C\CCCC/C=C\CCCCN. The molecule has 0 heterocycles. The molecule has 2 nitrogen and oxygen atoms in total. The van der Waals surface area contributed by atoms with Gasteiger partial charge < -0.3 is 10.8 Å². The molecule has 0 aromatic rings. The minimum Gasteiger partial charge on any atom is -0.393 e. The van der Waals surface area contributed by atoms with Crippen molar-refractivity contribution in [2.24, 2.45) is 5.73 Å². The van der Waals surface area contributed by atoms with Crippen molar-refractivity contribution < 1.29 is 5.11 Å². The zero-order valence-electron chi connectivity index (χ0n) is 25.6. The van der Waals surface area contributed by atoms with Crippen LogP contribution in [0.15, 0.2) is 48.6 Å². The van der Waals surface area contributed by atoms with E-state index in [1.54, 1.807) is 0 Å². The number of rotatable bonds is 30. The molecule has 2 heteroatoms. The summed E-state index contributed by atoms with van der Waals surface area (Å²) >= 11 is 0. The van der Waals surface area contributed by atoms with E-state index in [2.05, 4.69) is 55.5 Å². The average Bonchev–Trinajstić information content (AvgIpc) is 2.92. The second-order valence-electron chi connectivity index (χ2n) is 11.2. The standard InChI is InChI=1S/C36H67NO/c1-2-3-4-5-6-7-8-9-10-12-15-18-21-24-27-30-33-36(38)34-31-28-25-22-19-16-13-11-14-17-20-23-26-29-32-35-37/h6-7,15-16,18-20,23,36,38H,2-5,8-14,17,21-22,24-35,37H2,1H3/b7-6-,18-15-,19-16-,23-20-. The lowest BCUT2D eigenvalue weighted by Crippen LogP contribution is -2.05. The maximum Gasteiger partial charge on any atom is 0.0540 e. The third-order valence-corrected chi connectivity index (χ3v) is 7.27. The molecule has 0 aliphatic carbocycles. The molecule has 38 heavy (non-hydrogen) atoms. The van der Waals surface area contributed by atoms with Crippen LogP contribution in [-0.4, -0.2) is 17.8 Å². The van der Waals surface area contributed by atoms with E-state index in [0.29, 0.717) is 0 Å². The summed E-state index contributed by atoms with van der Waals surface area (Å²) in [5, 5.41) is 10.2. The summed E-state index contributed by atoms with van der Waals surface area (Å²) in [7, 11) is 0. The molecule has 1 unspecified atom stereocenters. The van der Waals surface area contributed by atoms with Gasteiger partial charge in [-0.25, -0.2) is 0 Å². The zero-order chi connectivity index (χ0) is 27.6. The Labute approximate surface area is 239 Å². The number of unbranched alkanes of at least 4 members (excludes halogenated alkanes) is 17. The lowest BCUT2D eigenvalue weighted by atomic mass is 10.0. The highest BCUT2D eigenvalue weighted by molar-refractivity contribution is 4.85. The largest absolute Gasteiger partial charge is 0.393 e. The average molecular weight is 530 g/mol. The maximum absolute atomic E-state index is 10.2. The van der Waals surface area contributed by atoms with Crippen LogP contribution in [0.3, 0.4) is 0 Å². The Kier molecular flexibility index (Phi) is 32.9. The van der Waals surface area contributed by atoms with Crippen LogP contribution < -0.4 is 5.73 Å². The molecule has 3 N–H and O–H groups in total. The van der Waals surface area contributed by atoms with E-state index in [9.17, 15) is 5.11 Å². The van der Waals surface area contributed by atoms with Crippen LogP contribution in [0.25, 0.3) is 0 Å². The van der Waals surface area contributed by atoms with E-state index in [-0.39, 0.29) is 6.10 Å². The highest BCUT2D eigenvalue weighted by Crippen LogP contribution is 2.13. The first-order valence-corrected chi connectivity index (χ1v) is 16.8. The normalized spacial score (nSPS) is 13.2. The van der Waals surface area contributed by atoms with Crippen molar-refractivity contribution in [2.45, 2.75) is 174 Å². The van der Waals surface area contributed by atoms with Crippen LogP contribution in [-0.2, 0) is 0 Å². The Morgan fingerprint density at radius 2 is 0.711 bits per heavy atom. The Hall–Kier alpha value is -1.12. The molecule has 0 saturated heterocycles. The molecule has 0 aliphatic heterocycles. The topological polar surface area (TPSA) is 46.2 Å². The fourth-order valence-electron chi connectivity index (χ4n) is 4.69. The molecular weight excluding hydrogens is 462 g/mol. The Balaban J connectivity index is 3.32. The molecular formula is C36H67NO. The molecule has 0 amide bonds. The summed E-state index contributed by atoms with van der Waals surface area (Å²) in [6.07, 6.45) is 49.5. The number of aliphatic hydroxyl groups excluding tert-OH is 1. The predicted molar refractivity (Wildman–Crippen MR) is 173 cm³/mol. The number of aliphatic hydroxyl groups is 1. The molecule has 0 aromatic heterocycles. The molecule has 0 radical (unpaired) electrons. The van der Waals surface area contributed by atoms with Gasteiger partial charge in [0.25, 0.3) is 0 Å². The van der Waals surface area contributed by atoms with Gasteiger partial charge in [0.15, 0.2) is 0 Å². The highest BCUT2D eigenvalue weighted by atomic mass is 16.3. The summed E-state index contributed by atoms with van der Waals surface area (Å²) in [4.78, 5) is 0. The van der Waals surface area contributed by atoms with Crippen molar-refractivity contribution in [3.05, 3.63) is 48.6 Å². The first kappa shape index (κ1) is 36.9. The number of nitrogens with two attached hydrogens (primary N) is 1.